The molecule has 2 aromatic heterocycles. The molecule has 0 radical (unpaired) electrons. The van der Waals surface area contributed by atoms with E-state index in [1.807, 2.05) is 23.4 Å². The van der Waals surface area contributed by atoms with Crippen LogP contribution < -0.4 is 5.56 Å². The van der Waals surface area contributed by atoms with Gasteiger partial charge in [0.25, 0.3) is 5.56 Å². The minimum atomic E-state index is -0.0736. The summed E-state index contributed by atoms with van der Waals surface area (Å²) >= 11 is 0. The van der Waals surface area contributed by atoms with Crippen LogP contribution in [0.25, 0.3) is 0 Å². The van der Waals surface area contributed by atoms with Crippen molar-refractivity contribution in [3.63, 3.8) is 0 Å². The van der Waals surface area contributed by atoms with Crippen molar-refractivity contribution in [3.8, 4) is 0 Å². The number of aromatic nitrogens is 4. The molecule has 0 aromatic carbocycles. The molecule has 7 heteroatoms. The van der Waals surface area contributed by atoms with Gasteiger partial charge in [0, 0.05) is 38.3 Å². The molecule has 1 fully saturated rings. The van der Waals surface area contributed by atoms with Crippen molar-refractivity contribution >= 4 is 5.91 Å². The molecular weight excluding hydrogens is 306 g/mol. The summed E-state index contributed by atoms with van der Waals surface area (Å²) in [6.45, 7) is 5.68. The first-order chi connectivity index (χ1) is 11.5. The SMILES string of the molecule is Cc1nc(C)n(C2CCCN(C(=O)CCn3ccccc3=O)C2)n1. The van der Waals surface area contributed by atoms with Gasteiger partial charge in [-0.2, -0.15) is 5.10 Å². The fraction of sp³-hybridized carbons (Fsp3) is 0.529. The second-order valence-corrected chi connectivity index (χ2v) is 6.27. The predicted octanol–water partition coefficient (Wildman–Crippen LogP) is 1.31. The largest absolute Gasteiger partial charge is 0.340 e. The van der Waals surface area contributed by atoms with Gasteiger partial charge in [-0.3, -0.25) is 9.59 Å². The molecule has 0 bridgehead atoms. The first-order valence-corrected chi connectivity index (χ1v) is 8.37. The van der Waals surface area contributed by atoms with Crippen LogP contribution >= 0.6 is 0 Å². The smallest absolute Gasteiger partial charge is 0.250 e. The lowest BCUT2D eigenvalue weighted by Gasteiger charge is -2.33. The number of hydrogen-bond acceptors (Lipinski definition) is 4. The van der Waals surface area contributed by atoms with Crippen LogP contribution in [0.5, 0.6) is 0 Å². The first kappa shape index (κ1) is 16.4. The maximum absolute atomic E-state index is 12.5. The third kappa shape index (κ3) is 3.55. The lowest BCUT2D eigenvalue weighted by Crippen LogP contribution is -2.41. The molecule has 0 saturated carbocycles. The number of pyridine rings is 1. The van der Waals surface area contributed by atoms with E-state index in [1.54, 1.807) is 22.9 Å². The quantitative estimate of drug-likeness (QED) is 0.848. The topological polar surface area (TPSA) is 73.0 Å². The summed E-state index contributed by atoms with van der Waals surface area (Å²) < 4.78 is 3.51. The first-order valence-electron chi connectivity index (χ1n) is 8.37. The van der Waals surface area contributed by atoms with E-state index in [2.05, 4.69) is 10.1 Å². The number of carbonyl (C=O) groups excluding carboxylic acids is 1. The van der Waals surface area contributed by atoms with Crippen LogP contribution in [-0.2, 0) is 11.3 Å². The second kappa shape index (κ2) is 6.98. The van der Waals surface area contributed by atoms with Gasteiger partial charge in [-0.15, -0.1) is 0 Å². The van der Waals surface area contributed by atoms with Crippen molar-refractivity contribution < 1.29 is 4.79 Å². The van der Waals surface area contributed by atoms with E-state index in [-0.39, 0.29) is 17.5 Å². The number of hydrogen-bond donors (Lipinski definition) is 0. The molecule has 0 N–H and O–H groups in total. The average molecular weight is 329 g/mol. The zero-order chi connectivity index (χ0) is 17.1. The minimum Gasteiger partial charge on any atom is -0.340 e. The van der Waals surface area contributed by atoms with Crippen molar-refractivity contribution in [2.45, 2.75) is 45.7 Å². The Hall–Kier alpha value is -2.44. The molecule has 0 aliphatic carbocycles. The number of aryl methyl sites for hydroxylation is 3. The van der Waals surface area contributed by atoms with Gasteiger partial charge in [0.15, 0.2) is 0 Å². The lowest BCUT2D eigenvalue weighted by molar-refractivity contribution is -0.133. The van der Waals surface area contributed by atoms with E-state index < -0.39 is 0 Å². The number of rotatable bonds is 4. The Morgan fingerprint density at radius 1 is 1.33 bits per heavy atom. The Bertz CT molecular complexity index is 779. The molecule has 1 amide bonds. The van der Waals surface area contributed by atoms with Gasteiger partial charge >= 0.3 is 0 Å². The van der Waals surface area contributed by atoms with Gasteiger partial charge in [-0.05, 0) is 32.8 Å². The Morgan fingerprint density at radius 2 is 2.17 bits per heavy atom. The maximum atomic E-state index is 12.5. The Balaban J connectivity index is 1.62. The number of carbonyl (C=O) groups is 1. The standard InChI is InChI=1S/C17H23N5O2/c1-13-18-14(2)22(19-13)15-6-5-10-21(12-15)17(24)8-11-20-9-4-3-7-16(20)23/h3-4,7,9,15H,5-6,8,10-12H2,1-2H3. The van der Waals surface area contributed by atoms with E-state index in [0.29, 0.717) is 19.5 Å². The Labute approximate surface area is 140 Å². The molecule has 128 valence electrons. The van der Waals surface area contributed by atoms with Gasteiger partial charge in [0.2, 0.25) is 5.91 Å². The monoisotopic (exact) mass is 329 g/mol. The number of piperidine rings is 1. The highest BCUT2D eigenvalue weighted by atomic mass is 16.2. The van der Waals surface area contributed by atoms with Crippen LogP contribution in [0.2, 0.25) is 0 Å². The molecule has 1 atom stereocenters. The molecule has 0 spiro atoms. The van der Waals surface area contributed by atoms with Crippen LogP contribution in [0.3, 0.4) is 0 Å². The number of amides is 1. The highest BCUT2D eigenvalue weighted by Gasteiger charge is 2.26. The minimum absolute atomic E-state index is 0.0736. The molecule has 1 saturated heterocycles. The molecule has 2 aromatic rings. The molecular formula is C17H23N5O2. The van der Waals surface area contributed by atoms with E-state index >= 15 is 0 Å². The summed E-state index contributed by atoms with van der Waals surface area (Å²) in [7, 11) is 0. The summed E-state index contributed by atoms with van der Waals surface area (Å²) in [4.78, 5) is 30.5. The highest BCUT2D eigenvalue weighted by molar-refractivity contribution is 5.76. The van der Waals surface area contributed by atoms with Crippen molar-refractivity contribution in [3.05, 3.63) is 46.4 Å². The van der Waals surface area contributed by atoms with Gasteiger partial charge in [-0.1, -0.05) is 6.07 Å². The molecule has 7 nitrogen and oxygen atoms in total. The van der Waals surface area contributed by atoms with Crippen molar-refractivity contribution in [1.29, 1.82) is 0 Å². The summed E-state index contributed by atoms with van der Waals surface area (Å²) in [6.07, 6.45) is 4.02. The molecule has 3 heterocycles. The highest BCUT2D eigenvalue weighted by Crippen LogP contribution is 2.22. The van der Waals surface area contributed by atoms with Gasteiger partial charge in [0.05, 0.1) is 6.04 Å². The van der Waals surface area contributed by atoms with Gasteiger partial charge in [-0.25, -0.2) is 9.67 Å². The zero-order valence-electron chi connectivity index (χ0n) is 14.2. The van der Waals surface area contributed by atoms with Crippen molar-refractivity contribution in [2.75, 3.05) is 13.1 Å². The van der Waals surface area contributed by atoms with Crippen LogP contribution in [-0.4, -0.2) is 43.2 Å². The van der Waals surface area contributed by atoms with E-state index in [4.69, 9.17) is 0 Å². The summed E-state index contributed by atoms with van der Waals surface area (Å²) in [5.41, 5.74) is -0.0736. The Kier molecular flexibility index (Phi) is 4.78. The zero-order valence-corrected chi connectivity index (χ0v) is 14.2. The molecule has 24 heavy (non-hydrogen) atoms. The number of nitrogens with zero attached hydrogens (tertiary/aromatic N) is 5. The maximum Gasteiger partial charge on any atom is 0.250 e. The summed E-state index contributed by atoms with van der Waals surface area (Å²) in [5.74, 6) is 1.74. The summed E-state index contributed by atoms with van der Waals surface area (Å²) in [5, 5.41) is 4.45. The molecule has 3 rings (SSSR count). The third-order valence-electron chi connectivity index (χ3n) is 4.47. The number of likely N-dealkylation sites (tertiary alicyclic amines) is 1. The summed E-state index contributed by atoms with van der Waals surface area (Å²) in [6, 6.07) is 5.21. The molecule has 1 aliphatic rings. The van der Waals surface area contributed by atoms with Crippen LogP contribution in [0, 0.1) is 13.8 Å². The third-order valence-corrected chi connectivity index (χ3v) is 4.47. The normalized spacial score (nSPS) is 17.9. The van der Waals surface area contributed by atoms with Gasteiger partial charge < -0.3 is 9.47 Å². The van der Waals surface area contributed by atoms with Crippen molar-refractivity contribution in [2.24, 2.45) is 0 Å². The molecule has 1 unspecified atom stereocenters. The Morgan fingerprint density at radius 3 is 2.88 bits per heavy atom. The van der Waals surface area contributed by atoms with Crippen LogP contribution in [0.4, 0.5) is 0 Å². The average Bonchev–Trinajstić information content (AvgIpc) is 2.92. The lowest BCUT2D eigenvalue weighted by atomic mass is 10.1. The van der Waals surface area contributed by atoms with E-state index in [0.717, 1.165) is 31.0 Å². The second-order valence-electron chi connectivity index (χ2n) is 6.27. The van der Waals surface area contributed by atoms with Crippen molar-refractivity contribution in [1.82, 2.24) is 24.2 Å². The van der Waals surface area contributed by atoms with E-state index in [1.165, 1.54) is 6.07 Å². The fourth-order valence-electron chi connectivity index (χ4n) is 3.28. The predicted molar refractivity (Wildman–Crippen MR) is 89.7 cm³/mol. The fourth-order valence-corrected chi connectivity index (χ4v) is 3.28. The van der Waals surface area contributed by atoms with Gasteiger partial charge in [0.1, 0.15) is 11.6 Å². The van der Waals surface area contributed by atoms with E-state index in [9.17, 15) is 9.59 Å². The van der Waals surface area contributed by atoms with Crippen LogP contribution in [0.15, 0.2) is 29.2 Å². The van der Waals surface area contributed by atoms with Crippen LogP contribution in [0.1, 0.15) is 37.0 Å². The molecule has 1 aliphatic heterocycles.